The monoisotopic (exact) mass is 407 g/mol. The van der Waals surface area contributed by atoms with E-state index >= 15 is 0 Å². The molecule has 3 nitrogen and oxygen atoms in total. The molecule has 0 atom stereocenters. The number of hydrogen-bond donors (Lipinski definition) is 1. The molecule has 1 aromatic carbocycles. The van der Waals surface area contributed by atoms with E-state index < -0.39 is 0 Å². The van der Waals surface area contributed by atoms with Crippen molar-refractivity contribution in [1.29, 1.82) is 0 Å². The highest BCUT2D eigenvalue weighted by Gasteiger charge is 2.11. The number of halogens is 2. The van der Waals surface area contributed by atoms with Crippen LogP contribution in [0.15, 0.2) is 21.1 Å². The summed E-state index contributed by atoms with van der Waals surface area (Å²) in [5, 5.41) is 3.43. The van der Waals surface area contributed by atoms with Crippen molar-refractivity contribution in [1.82, 2.24) is 5.32 Å². The first-order valence-corrected chi connectivity index (χ1v) is 8.56. The minimum absolute atomic E-state index is 0.157. The van der Waals surface area contributed by atoms with Gasteiger partial charge in [-0.1, -0.05) is 15.9 Å². The average molecular weight is 409 g/mol. The van der Waals surface area contributed by atoms with E-state index in [1.54, 1.807) is 0 Å². The molecular weight excluding hydrogens is 386 g/mol. The summed E-state index contributed by atoms with van der Waals surface area (Å²) in [6.45, 7) is 9.40. The van der Waals surface area contributed by atoms with Crippen LogP contribution in [0.1, 0.15) is 32.8 Å². The lowest BCUT2D eigenvalue weighted by molar-refractivity contribution is 0.144. The molecule has 0 heterocycles. The van der Waals surface area contributed by atoms with Gasteiger partial charge in [-0.25, -0.2) is 0 Å². The van der Waals surface area contributed by atoms with Crippen LogP contribution in [0.2, 0.25) is 0 Å². The Kier molecular flexibility index (Phi) is 8.77. The van der Waals surface area contributed by atoms with E-state index in [4.69, 9.17) is 9.47 Å². The maximum absolute atomic E-state index is 5.89. The first kappa shape index (κ1) is 18.0. The van der Waals surface area contributed by atoms with Gasteiger partial charge in [-0.05, 0) is 61.8 Å². The second-order valence-corrected chi connectivity index (χ2v) is 6.54. The van der Waals surface area contributed by atoms with E-state index in [2.05, 4.69) is 43.2 Å². The Morgan fingerprint density at radius 2 is 2.00 bits per heavy atom. The third-order valence-electron chi connectivity index (χ3n) is 2.60. The summed E-state index contributed by atoms with van der Waals surface area (Å²) in [6, 6.07) is 4.11. The molecule has 1 N–H and O–H groups in total. The van der Waals surface area contributed by atoms with E-state index in [9.17, 15) is 0 Å². The molecule has 1 rings (SSSR count). The van der Waals surface area contributed by atoms with Gasteiger partial charge in [0.15, 0.2) is 0 Å². The summed E-state index contributed by atoms with van der Waals surface area (Å²) >= 11 is 7.09. The van der Waals surface area contributed by atoms with Crippen LogP contribution in [0.4, 0.5) is 0 Å². The van der Waals surface area contributed by atoms with Crippen LogP contribution in [0.5, 0.6) is 5.75 Å². The second-order valence-electron chi connectivity index (χ2n) is 4.77. The van der Waals surface area contributed by atoms with E-state index in [1.807, 2.05) is 26.8 Å². The fourth-order valence-corrected chi connectivity index (χ4v) is 3.19. The summed E-state index contributed by atoms with van der Waals surface area (Å²) in [5.74, 6) is 0.917. The zero-order valence-corrected chi connectivity index (χ0v) is 15.5. The largest absolute Gasteiger partial charge is 0.489 e. The highest BCUT2D eigenvalue weighted by atomic mass is 79.9. The van der Waals surface area contributed by atoms with Crippen LogP contribution < -0.4 is 10.1 Å². The highest BCUT2D eigenvalue weighted by Crippen LogP contribution is 2.33. The maximum Gasteiger partial charge on any atom is 0.138 e. The Labute approximate surface area is 138 Å². The van der Waals surface area contributed by atoms with Crippen molar-refractivity contribution in [2.45, 2.75) is 39.8 Å². The zero-order chi connectivity index (χ0) is 15.0. The highest BCUT2D eigenvalue weighted by molar-refractivity contribution is 9.11. The zero-order valence-electron chi connectivity index (χ0n) is 12.3. The van der Waals surface area contributed by atoms with Gasteiger partial charge in [-0.3, -0.25) is 0 Å². The van der Waals surface area contributed by atoms with Crippen LogP contribution in [0, 0.1) is 0 Å². The Balaban J connectivity index is 2.58. The van der Waals surface area contributed by atoms with Crippen molar-refractivity contribution in [3.63, 3.8) is 0 Å². The SMILES string of the molecule is CCOCCCNCc1cc(Br)cc(Br)c1OC(C)C. The van der Waals surface area contributed by atoms with Crippen LogP contribution in [0.3, 0.4) is 0 Å². The fourth-order valence-electron chi connectivity index (χ4n) is 1.78. The van der Waals surface area contributed by atoms with Gasteiger partial charge in [0.1, 0.15) is 5.75 Å². The Morgan fingerprint density at radius 3 is 2.65 bits per heavy atom. The molecule has 0 saturated carbocycles. The molecule has 0 aliphatic carbocycles. The summed E-state index contributed by atoms with van der Waals surface area (Å²) in [5.41, 5.74) is 1.15. The molecule has 1 aromatic rings. The molecule has 20 heavy (non-hydrogen) atoms. The van der Waals surface area contributed by atoms with Gasteiger partial charge in [0.25, 0.3) is 0 Å². The molecule has 0 aromatic heterocycles. The third kappa shape index (κ3) is 6.57. The Hall–Kier alpha value is -0.100. The standard InChI is InChI=1S/C15H23Br2NO2/c1-4-19-7-5-6-18-10-12-8-13(16)9-14(17)15(12)20-11(2)3/h8-9,11,18H,4-7,10H2,1-3H3. The van der Waals surface area contributed by atoms with Gasteiger partial charge in [0.2, 0.25) is 0 Å². The second kappa shape index (κ2) is 9.77. The molecule has 5 heteroatoms. The summed E-state index contributed by atoms with van der Waals surface area (Å²) < 4.78 is 13.2. The van der Waals surface area contributed by atoms with E-state index in [0.29, 0.717) is 0 Å². The Bertz CT molecular complexity index is 411. The number of nitrogens with one attached hydrogen (secondary N) is 1. The minimum Gasteiger partial charge on any atom is -0.489 e. The van der Waals surface area contributed by atoms with Crippen molar-refractivity contribution in [2.75, 3.05) is 19.8 Å². The molecule has 0 saturated heterocycles. The van der Waals surface area contributed by atoms with E-state index in [-0.39, 0.29) is 6.10 Å². The van der Waals surface area contributed by atoms with Crippen LogP contribution in [-0.4, -0.2) is 25.9 Å². The van der Waals surface area contributed by atoms with Gasteiger partial charge in [-0.15, -0.1) is 0 Å². The minimum atomic E-state index is 0.157. The number of rotatable bonds is 9. The molecular formula is C15H23Br2NO2. The molecule has 0 spiro atoms. The van der Waals surface area contributed by atoms with Gasteiger partial charge >= 0.3 is 0 Å². The first-order valence-electron chi connectivity index (χ1n) is 6.97. The van der Waals surface area contributed by atoms with Crippen LogP contribution in [-0.2, 0) is 11.3 Å². The van der Waals surface area contributed by atoms with Crippen LogP contribution in [0.25, 0.3) is 0 Å². The van der Waals surface area contributed by atoms with Gasteiger partial charge < -0.3 is 14.8 Å². The third-order valence-corrected chi connectivity index (χ3v) is 3.65. The lowest BCUT2D eigenvalue weighted by Crippen LogP contribution is -2.18. The summed E-state index contributed by atoms with van der Waals surface area (Å²) in [6.07, 6.45) is 1.17. The van der Waals surface area contributed by atoms with Crippen molar-refractivity contribution >= 4 is 31.9 Å². The summed E-state index contributed by atoms with van der Waals surface area (Å²) in [4.78, 5) is 0. The van der Waals surface area contributed by atoms with Crippen molar-refractivity contribution in [3.8, 4) is 5.75 Å². The number of hydrogen-bond acceptors (Lipinski definition) is 3. The molecule has 0 aliphatic rings. The fraction of sp³-hybridized carbons (Fsp3) is 0.600. The number of benzene rings is 1. The summed E-state index contributed by atoms with van der Waals surface area (Å²) in [7, 11) is 0. The normalized spacial score (nSPS) is 11.1. The van der Waals surface area contributed by atoms with E-state index in [0.717, 1.165) is 53.0 Å². The Morgan fingerprint density at radius 1 is 1.25 bits per heavy atom. The number of ether oxygens (including phenoxy) is 2. The average Bonchev–Trinajstić information content (AvgIpc) is 2.37. The molecule has 0 amide bonds. The molecule has 0 bridgehead atoms. The smallest absolute Gasteiger partial charge is 0.138 e. The maximum atomic E-state index is 5.89. The molecule has 0 fully saturated rings. The molecule has 0 unspecified atom stereocenters. The van der Waals surface area contributed by atoms with Crippen molar-refractivity contribution in [3.05, 3.63) is 26.6 Å². The quantitative estimate of drug-likeness (QED) is 0.609. The van der Waals surface area contributed by atoms with Crippen molar-refractivity contribution in [2.24, 2.45) is 0 Å². The predicted octanol–water partition coefficient (Wildman–Crippen LogP) is 4.52. The topological polar surface area (TPSA) is 30.5 Å². The lowest BCUT2D eigenvalue weighted by Gasteiger charge is -2.17. The molecule has 114 valence electrons. The van der Waals surface area contributed by atoms with Gasteiger partial charge in [-0.2, -0.15) is 0 Å². The van der Waals surface area contributed by atoms with Crippen molar-refractivity contribution < 1.29 is 9.47 Å². The van der Waals surface area contributed by atoms with Gasteiger partial charge in [0, 0.05) is 29.8 Å². The predicted molar refractivity (Wildman–Crippen MR) is 90.4 cm³/mol. The first-order chi connectivity index (χ1) is 9.54. The van der Waals surface area contributed by atoms with Gasteiger partial charge in [0.05, 0.1) is 10.6 Å². The molecule has 0 aliphatic heterocycles. The molecule has 0 radical (unpaired) electrons. The van der Waals surface area contributed by atoms with Crippen LogP contribution >= 0.6 is 31.9 Å². The van der Waals surface area contributed by atoms with E-state index in [1.165, 1.54) is 0 Å². The lowest BCUT2D eigenvalue weighted by atomic mass is 10.2.